The molecule has 0 aliphatic heterocycles. The fraction of sp³-hybridized carbons (Fsp3) is 0.550. The lowest BCUT2D eigenvalue weighted by Gasteiger charge is -2.33. The van der Waals surface area contributed by atoms with Gasteiger partial charge in [0.05, 0.1) is 19.3 Å². The van der Waals surface area contributed by atoms with Gasteiger partial charge in [-0.1, -0.05) is 55.2 Å². The minimum absolute atomic E-state index is 0.116. The molecule has 2 atom stereocenters. The van der Waals surface area contributed by atoms with Gasteiger partial charge in [0.2, 0.25) is 0 Å². The monoisotopic (exact) mass is 612 g/mol. The fourth-order valence-electron chi connectivity index (χ4n) is 7.76. The second-order valence-electron chi connectivity index (χ2n) is 13.2. The first-order chi connectivity index (χ1) is 22.1. The quantitative estimate of drug-likeness (QED) is 0.140. The maximum atomic E-state index is 12.5. The molecule has 2 aromatic carbocycles. The van der Waals surface area contributed by atoms with Crippen molar-refractivity contribution in [2.75, 3.05) is 20.3 Å². The molecule has 45 heavy (non-hydrogen) atoms. The molecule has 0 saturated heterocycles. The number of fused-ring (bicyclic) bond motifs is 1. The van der Waals surface area contributed by atoms with Crippen molar-refractivity contribution in [3.05, 3.63) is 87.5 Å². The number of carbonyl (C=O) groups excluding carboxylic acids is 2. The molecule has 0 radical (unpaired) electrons. The maximum absolute atomic E-state index is 12.5. The lowest BCUT2D eigenvalue weighted by atomic mass is 9.72. The summed E-state index contributed by atoms with van der Waals surface area (Å²) in [6.07, 6.45) is 20.0. The second kappa shape index (κ2) is 16.8. The molecule has 0 fully saturated rings. The third-order valence-electron chi connectivity index (χ3n) is 10.1. The Hall–Kier alpha value is -3.34. The SMILES string of the molecule is CCOC(=O)c1ccc2c(c1)CCCC2C(CCCCCCC(=O)OC)CCc1ccccc1OCC1=CC2=C(CCCC2)C1. The Morgan fingerprint density at radius 2 is 1.78 bits per heavy atom. The maximum Gasteiger partial charge on any atom is 0.338 e. The van der Waals surface area contributed by atoms with E-state index in [0.29, 0.717) is 37.0 Å². The summed E-state index contributed by atoms with van der Waals surface area (Å²) >= 11 is 0. The Balaban J connectivity index is 1.25. The van der Waals surface area contributed by atoms with Gasteiger partial charge in [-0.05, 0) is 142 Å². The van der Waals surface area contributed by atoms with E-state index < -0.39 is 0 Å². The number of methoxy groups -OCH3 is 1. The van der Waals surface area contributed by atoms with Crippen LogP contribution in [0.2, 0.25) is 0 Å². The molecule has 0 saturated carbocycles. The van der Waals surface area contributed by atoms with Crippen molar-refractivity contribution in [3.63, 3.8) is 0 Å². The smallest absolute Gasteiger partial charge is 0.338 e. The first-order valence-electron chi connectivity index (χ1n) is 17.5. The van der Waals surface area contributed by atoms with Crippen LogP contribution in [0, 0.1) is 5.92 Å². The summed E-state index contributed by atoms with van der Waals surface area (Å²) in [6.45, 7) is 2.92. The van der Waals surface area contributed by atoms with Crippen molar-refractivity contribution in [1.29, 1.82) is 0 Å². The number of esters is 2. The minimum atomic E-state index is -0.230. The summed E-state index contributed by atoms with van der Waals surface area (Å²) in [5, 5.41) is 0. The van der Waals surface area contributed by atoms with Crippen LogP contribution in [0.15, 0.2) is 65.3 Å². The van der Waals surface area contributed by atoms with E-state index in [1.54, 1.807) is 11.1 Å². The van der Waals surface area contributed by atoms with Crippen LogP contribution in [0.4, 0.5) is 0 Å². The molecular formula is C40H52O5. The van der Waals surface area contributed by atoms with Gasteiger partial charge in [-0.2, -0.15) is 0 Å². The zero-order valence-corrected chi connectivity index (χ0v) is 27.5. The highest BCUT2D eigenvalue weighted by atomic mass is 16.5. The average molecular weight is 613 g/mol. The van der Waals surface area contributed by atoms with E-state index in [-0.39, 0.29) is 11.9 Å². The van der Waals surface area contributed by atoms with E-state index in [1.165, 1.54) is 61.5 Å². The van der Waals surface area contributed by atoms with E-state index in [4.69, 9.17) is 14.2 Å². The highest BCUT2D eigenvalue weighted by Gasteiger charge is 2.29. The summed E-state index contributed by atoms with van der Waals surface area (Å²) in [5.74, 6) is 1.70. The third kappa shape index (κ3) is 9.11. The third-order valence-corrected chi connectivity index (χ3v) is 10.1. The van der Waals surface area contributed by atoms with Crippen LogP contribution >= 0.6 is 0 Å². The summed E-state index contributed by atoms with van der Waals surface area (Å²) in [6, 6.07) is 14.9. The number of hydrogen-bond acceptors (Lipinski definition) is 5. The molecule has 0 N–H and O–H groups in total. The van der Waals surface area contributed by atoms with Crippen LogP contribution in [-0.4, -0.2) is 32.3 Å². The van der Waals surface area contributed by atoms with Gasteiger partial charge in [-0.3, -0.25) is 4.79 Å². The fourth-order valence-corrected chi connectivity index (χ4v) is 7.76. The number of para-hydroxylation sites is 1. The Bertz CT molecular complexity index is 1370. The lowest BCUT2D eigenvalue weighted by molar-refractivity contribution is -0.140. The first-order valence-corrected chi connectivity index (χ1v) is 17.5. The largest absolute Gasteiger partial charge is 0.489 e. The Labute approximate surface area is 270 Å². The number of allylic oxidation sites excluding steroid dienone is 3. The van der Waals surface area contributed by atoms with Crippen LogP contribution in [0.3, 0.4) is 0 Å². The molecule has 2 unspecified atom stereocenters. The van der Waals surface area contributed by atoms with Gasteiger partial charge < -0.3 is 14.2 Å². The Morgan fingerprint density at radius 3 is 2.62 bits per heavy atom. The topological polar surface area (TPSA) is 61.8 Å². The molecule has 0 heterocycles. The Morgan fingerprint density at radius 1 is 0.933 bits per heavy atom. The molecule has 0 aromatic heterocycles. The average Bonchev–Trinajstić information content (AvgIpc) is 3.49. The summed E-state index contributed by atoms with van der Waals surface area (Å²) < 4.78 is 16.6. The van der Waals surface area contributed by atoms with Crippen molar-refractivity contribution in [1.82, 2.24) is 0 Å². The second-order valence-corrected chi connectivity index (χ2v) is 13.2. The number of ether oxygens (including phenoxy) is 3. The zero-order valence-electron chi connectivity index (χ0n) is 27.5. The van der Waals surface area contributed by atoms with Crippen LogP contribution in [-0.2, 0) is 27.1 Å². The standard InChI is InChI=1S/C40H52O5/c1-3-44-40(42)35-23-24-37-34(27-35)17-12-18-36(37)30(13-6-4-5-7-20-39(41)43-2)21-22-31-14-10-11-19-38(31)45-28-29-25-32-15-8-9-16-33(32)26-29/h10-11,14,19,23-25,27,30,36H,3-9,12-13,15-18,20-22,26,28H2,1-2H3. The van der Waals surface area contributed by atoms with Crippen LogP contribution in [0.5, 0.6) is 5.75 Å². The lowest BCUT2D eigenvalue weighted by Crippen LogP contribution is -2.20. The van der Waals surface area contributed by atoms with Gasteiger partial charge in [0, 0.05) is 6.42 Å². The van der Waals surface area contributed by atoms with Crippen molar-refractivity contribution >= 4 is 11.9 Å². The highest BCUT2D eigenvalue weighted by molar-refractivity contribution is 5.89. The molecular weight excluding hydrogens is 560 g/mol. The van der Waals surface area contributed by atoms with E-state index >= 15 is 0 Å². The molecule has 5 heteroatoms. The van der Waals surface area contributed by atoms with Crippen LogP contribution in [0.25, 0.3) is 0 Å². The van der Waals surface area contributed by atoms with Gasteiger partial charge in [0.25, 0.3) is 0 Å². The molecule has 5 nitrogen and oxygen atoms in total. The summed E-state index contributed by atoms with van der Waals surface area (Å²) in [5.41, 5.74) is 9.32. The van der Waals surface area contributed by atoms with Crippen molar-refractivity contribution in [2.45, 2.75) is 116 Å². The molecule has 0 bridgehead atoms. The van der Waals surface area contributed by atoms with Gasteiger partial charge in [-0.15, -0.1) is 0 Å². The predicted molar refractivity (Wildman–Crippen MR) is 180 cm³/mol. The molecule has 5 rings (SSSR count). The molecule has 0 amide bonds. The molecule has 2 aromatic rings. The zero-order chi connectivity index (χ0) is 31.4. The number of unbranched alkanes of at least 4 members (excludes halogenated alkanes) is 3. The normalized spacial score (nSPS) is 18.1. The van der Waals surface area contributed by atoms with E-state index in [1.807, 2.05) is 13.0 Å². The van der Waals surface area contributed by atoms with Crippen LogP contribution in [0.1, 0.15) is 130 Å². The van der Waals surface area contributed by atoms with E-state index in [0.717, 1.165) is 70.0 Å². The van der Waals surface area contributed by atoms with Crippen molar-refractivity contribution in [3.8, 4) is 5.75 Å². The molecule has 0 spiro atoms. The molecule has 3 aliphatic carbocycles. The summed E-state index contributed by atoms with van der Waals surface area (Å²) in [7, 11) is 1.46. The summed E-state index contributed by atoms with van der Waals surface area (Å²) in [4.78, 5) is 24.0. The number of hydrogen-bond donors (Lipinski definition) is 0. The number of aryl methyl sites for hydroxylation is 2. The van der Waals surface area contributed by atoms with Gasteiger partial charge in [0.1, 0.15) is 12.4 Å². The predicted octanol–water partition coefficient (Wildman–Crippen LogP) is 9.63. The van der Waals surface area contributed by atoms with Gasteiger partial charge >= 0.3 is 11.9 Å². The van der Waals surface area contributed by atoms with Crippen molar-refractivity contribution < 1.29 is 23.8 Å². The number of benzene rings is 2. The Kier molecular flexibility index (Phi) is 12.3. The number of carbonyl (C=O) groups is 2. The van der Waals surface area contributed by atoms with E-state index in [2.05, 4.69) is 42.5 Å². The van der Waals surface area contributed by atoms with Crippen molar-refractivity contribution in [2.24, 2.45) is 5.92 Å². The van der Waals surface area contributed by atoms with E-state index in [9.17, 15) is 9.59 Å². The number of rotatable bonds is 16. The molecule has 3 aliphatic rings. The highest BCUT2D eigenvalue weighted by Crippen LogP contribution is 2.42. The molecule has 242 valence electrons. The van der Waals surface area contributed by atoms with Crippen LogP contribution < -0.4 is 4.74 Å². The van der Waals surface area contributed by atoms with Gasteiger partial charge in [-0.25, -0.2) is 4.79 Å². The van der Waals surface area contributed by atoms with Gasteiger partial charge in [0.15, 0.2) is 0 Å². The minimum Gasteiger partial charge on any atom is -0.489 e. The first kappa shape index (κ1) is 33.0.